The number of amides is 1. The van der Waals surface area contributed by atoms with Crippen LogP contribution in [0.15, 0.2) is 73.3 Å². The van der Waals surface area contributed by atoms with Crippen LogP contribution in [0.1, 0.15) is 34.1 Å². The zero-order valence-corrected chi connectivity index (χ0v) is 20.1. The average Bonchev–Trinajstić information content (AvgIpc) is 2.74. The van der Waals surface area contributed by atoms with E-state index in [1.54, 1.807) is 13.1 Å². The fraction of sp³-hybridized carbons (Fsp3) is 0.400. The second kappa shape index (κ2) is 9.73. The second-order valence-electron chi connectivity index (χ2n) is 8.99. The lowest BCUT2D eigenvalue weighted by Gasteiger charge is -2.45. The fourth-order valence-electron chi connectivity index (χ4n) is 4.02. The van der Waals surface area contributed by atoms with E-state index >= 15 is 0 Å². The molecular weight excluding hydrogens is 390 g/mol. The van der Waals surface area contributed by atoms with E-state index in [1.807, 2.05) is 19.1 Å². The zero-order valence-electron chi connectivity index (χ0n) is 19.1. The molecule has 1 unspecified atom stereocenters. The Balaban J connectivity index is 2.60. The number of hydrogen-bond donors (Lipinski definition) is 0. The standard InChI is InChI=1S/C25H35NO3Si/c1-8-19-25(5,23(27)26(6)28-7)20-29-30(24(2,3)4,21-15-11-9-12-16-21)22-17-13-10-14-18-22/h8-18H,1,19-20H2,2-7H3. The van der Waals surface area contributed by atoms with Crippen molar-refractivity contribution in [1.29, 1.82) is 0 Å². The zero-order chi connectivity index (χ0) is 22.4. The van der Waals surface area contributed by atoms with E-state index in [9.17, 15) is 4.79 Å². The Bertz CT molecular complexity index is 793. The van der Waals surface area contributed by atoms with Crippen LogP contribution in [-0.2, 0) is 14.1 Å². The van der Waals surface area contributed by atoms with E-state index < -0.39 is 13.7 Å². The minimum Gasteiger partial charge on any atom is -0.406 e. The predicted molar refractivity (Wildman–Crippen MR) is 126 cm³/mol. The molecule has 1 amide bonds. The van der Waals surface area contributed by atoms with Gasteiger partial charge in [-0.1, -0.05) is 87.5 Å². The highest BCUT2D eigenvalue weighted by atomic mass is 28.4. The summed E-state index contributed by atoms with van der Waals surface area (Å²) in [6, 6.07) is 20.9. The molecule has 0 saturated carbocycles. The van der Waals surface area contributed by atoms with Gasteiger partial charge in [0.25, 0.3) is 14.2 Å². The molecule has 2 aromatic rings. The van der Waals surface area contributed by atoms with Gasteiger partial charge in [-0.3, -0.25) is 9.63 Å². The molecule has 0 radical (unpaired) electrons. The Morgan fingerprint density at radius 3 is 1.83 bits per heavy atom. The molecule has 0 aliphatic rings. The van der Waals surface area contributed by atoms with Crippen LogP contribution in [0.2, 0.25) is 5.04 Å². The van der Waals surface area contributed by atoms with Gasteiger partial charge in [0.2, 0.25) is 0 Å². The summed E-state index contributed by atoms with van der Waals surface area (Å²) in [4.78, 5) is 18.3. The second-order valence-corrected chi connectivity index (χ2v) is 13.3. The Kier molecular flexibility index (Phi) is 7.80. The van der Waals surface area contributed by atoms with Gasteiger partial charge < -0.3 is 4.43 Å². The summed E-state index contributed by atoms with van der Waals surface area (Å²) in [7, 11) is 0.402. The summed E-state index contributed by atoms with van der Waals surface area (Å²) in [5, 5.41) is 3.51. The first-order valence-corrected chi connectivity index (χ1v) is 12.2. The first-order chi connectivity index (χ1) is 14.1. The summed E-state index contributed by atoms with van der Waals surface area (Å²) < 4.78 is 6.99. The first kappa shape index (κ1) is 24.1. The van der Waals surface area contributed by atoms with Gasteiger partial charge in [0.1, 0.15) is 0 Å². The minimum absolute atomic E-state index is 0.122. The van der Waals surface area contributed by atoms with E-state index in [-0.39, 0.29) is 17.6 Å². The van der Waals surface area contributed by atoms with Crippen molar-refractivity contribution >= 4 is 24.6 Å². The van der Waals surface area contributed by atoms with Crippen molar-refractivity contribution in [2.24, 2.45) is 5.41 Å². The van der Waals surface area contributed by atoms with Gasteiger partial charge in [-0.05, 0) is 28.8 Å². The van der Waals surface area contributed by atoms with E-state index in [4.69, 9.17) is 9.26 Å². The number of nitrogens with zero attached hydrogens (tertiary/aromatic N) is 1. The van der Waals surface area contributed by atoms with Crippen LogP contribution < -0.4 is 10.4 Å². The molecule has 162 valence electrons. The molecule has 0 heterocycles. The normalized spacial score (nSPS) is 14.1. The number of benzene rings is 2. The Hall–Kier alpha value is -2.21. The summed E-state index contributed by atoms with van der Waals surface area (Å²) in [6.45, 7) is 12.8. The van der Waals surface area contributed by atoms with E-state index in [1.165, 1.54) is 22.5 Å². The van der Waals surface area contributed by atoms with Crippen LogP contribution in [0.3, 0.4) is 0 Å². The van der Waals surface area contributed by atoms with Crippen LogP contribution in [0.5, 0.6) is 0 Å². The summed E-state index contributed by atoms with van der Waals surface area (Å²) in [6.07, 6.45) is 2.27. The molecule has 0 saturated heterocycles. The van der Waals surface area contributed by atoms with Gasteiger partial charge in [-0.2, -0.15) is 0 Å². The molecule has 4 nitrogen and oxygen atoms in total. The van der Waals surface area contributed by atoms with Crippen LogP contribution in [0.4, 0.5) is 0 Å². The number of allylic oxidation sites excluding steroid dienone is 1. The average molecular weight is 426 g/mol. The largest absolute Gasteiger partial charge is 0.406 e. The third kappa shape index (κ3) is 4.74. The van der Waals surface area contributed by atoms with Crippen LogP contribution in [0, 0.1) is 5.41 Å². The lowest BCUT2D eigenvalue weighted by Crippen LogP contribution is -2.67. The predicted octanol–water partition coefficient (Wildman–Crippen LogP) is 4.17. The van der Waals surface area contributed by atoms with Crippen molar-refractivity contribution in [2.75, 3.05) is 20.8 Å². The SMILES string of the molecule is C=CCC(C)(CO[Si](c1ccccc1)(c1ccccc1)C(C)(C)C)C(=O)N(C)OC. The van der Waals surface area contributed by atoms with Crippen molar-refractivity contribution in [3.8, 4) is 0 Å². The number of hydrogen-bond acceptors (Lipinski definition) is 3. The number of rotatable bonds is 9. The lowest BCUT2D eigenvalue weighted by atomic mass is 9.87. The van der Waals surface area contributed by atoms with Crippen molar-refractivity contribution < 1.29 is 14.1 Å². The topological polar surface area (TPSA) is 38.8 Å². The number of carbonyl (C=O) groups is 1. The van der Waals surface area contributed by atoms with Gasteiger partial charge in [0.05, 0.1) is 12.5 Å². The van der Waals surface area contributed by atoms with Crippen molar-refractivity contribution in [1.82, 2.24) is 5.06 Å². The molecule has 30 heavy (non-hydrogen) atoms. The minimum atomic E-state index is -2.72. The van der Waals surface area contributed by atoms with E-state index in [0.717, 1.165) is 0 Å². The molecule has 1 atom stereocenters. The monoisotopic (exact) mass is 425 g/mol. The maximum absolute atomic E-state index is 13.1. The fourth-order valence-corrected chi connectivity index (χ4v) is 8.71. The smallest absolute Gasteiger partial charge is 0.261 e. The highest BCUT2D eigenvalue weighted by Gasteiger charge is 2.51. The molecule has 0 spiro atoms. The van der Waals surface area contributed by atoms with Crippen LogP contribution in [-0.4, -0.2) is 40.1 Å². The van der Waals surface area contributed by atoms with Gasteiger partial charge >= 0.3 is 0 Å². The summed E-state index contributed by atoms with van der Waals surface area (Å²) >= 11 is 0. The molecule has 0 bridgehead atoms. The van der Waals surface area contributed by atoms with Crippen LogP contribution in [0.25, 0.3) is 0 Å². The van der Waals surface area contributed by atoms with E-state index in [2.05, 4.69) is 75.9 Å². The summed E-state index contributed by atoms with van der Waals surface area (Å²) in [5.74, 6) is -0.122. The molecule has 0 N–H and O–H groups in total. The Morgan fingerprint density at radius 2 is 1.47 bits per heavy atom. The Morgan fingerprint density at radius 1 is 1.00 bits per heavy atom. The van der Waals surface area contributed by atoms with Gasteiger partial charge in [0, 0.05) is 13.7 Å². The van der Waals surface area contributed by atoms with Gasteiger partial charge in [-0.15, -0.1) is 6.58 Å². The first-order valence-electron chi connectivity index (χ1n) is 10.3. The quantitative estimate of drug-likeness (QED) is 0.344. The van der Waals surface area contributed by atoms with Crippen LogP contribution >= 0.6 is 0 Å². The third-order valence-electron chi connectivity index (χ3n) is 5.70. The Labute approximate surface area is 182 Å². The molecule has 2 aromatic carbocycles. The molecule has 0 aromatic heterocycles. The van der Waals surface area contributed by atoms with Crippen molar-refractivity contribution in [3.05, 3.63) is 73.3 Å². The maximum atomic E-state index is 13.1. The number of hydroxylamine groups is 2. The third-order valence-corrected chi connectivity index (χ3v) is 10.7. The molecule has 0 fully saturated rings. The number of carbonyl (C=O) groups excluding carboxylic acids is 1. The van der Waals surface area contributed by atoms with Gasteiger partial charge in [-0.25, -0.2) is 5.06 Å². The van der Waals surface area contributed by atoms with Gasteiger partial charge in [0.15, 0.2) is 0 Å². The van der Waals surface area contributed by atoms with Crippen molar-refractivity contribution in [3.63, 3.8) is 0 Å². The molecule has 2 rings (SSSR count). The summed E-state index contributed by atoms with van der Waals surface area (Å²) in [5.41, 5.74) is -0.778. The molecule has 0 aliphatic heterocycles. The van der Waals surface area contributed by atoms with E-state index in [0.29, 0.717) is 6.42 Å². The maximum Gasteiger partial charge on any atom is 0.261 e. The molecular formula is C25H35NO3Si. The molecule has 0 aliphatic carbocycles. The highest BCUT2D eigenvalue weighted by Crippen LogP contribution is 2.38. The highest BCUT2D eigenvalue weighted by molar-refractivity contribution is 6.99. The molecule has 5 heteroatoms. The van der Waals surface area contributed by atoms with Crippen molar-refractivity contribution in [2.45, 2.75) is 39.2 Å². The lowest BCUT2D eigenvalue weighted by molar-refractivity contribution is -0.181.